The van der Waals surface area contributed by atoms with Crippen molar-refractivity contribution in [2.24, 2.45) is 0 Å². The SMILES string of the molecule is CC(C)N1Cc2cc(-c3ccno3)cc(Cl)c2C1=O. The van der Waals surface area contributed by atoms with E-state index in [2.05, 4.69) is 5.16 Å². The highest BCUT2D eigenvalue weighted by Gasteiger charge is 2.31. The van der Waals surface area contributed by atoms with Crippen LogP contribution in [0.4, 0.5) is 0 Å². The number of hydrogen-bond donors (Lipinski definition) is 0. The van der Waals surface area contributed by atoms with Crippen LogP contribution in [0.15, 0.2) is 28.9 Å². The smallest absolute Gasteiger partial charge is 0.256 e. The molecule has 0 spiro atoms. The van der Waals surface area contributed by atoms with Crippen LogP contribution in [0.2, 0.25) is 5.02 Å². The molecule has 1 amide bonds. The van der Waals surface area contributed by atoms with E-state index < -0.39 is 0 Å². The summed E-state index contributed by atoms with van der Waals surface area (Å²) < 4.78 is 5.13. The topological polar surface area (TPSA) is 46.3 Å². The van der Waals surface area contributed by atoms with E-state index in [9.17, 15) is 4.79 Å². The lowest BCUT2D eigenvalue weighted by Crippen LogP contribution is -2.30. The number of carbonyl (C=O) groups is 1. The number of nitrogens with zero attached hydrogens (tertiary/aromatic N) is 2. The van der Waals surface area contributed by atoms with Crippen molar-refractivity contribution in [2.45, 2.75) is 26.4 Å². The minimum Gasteiger partial charge on any atom is -0.356 e. The van der Waals surface area contributed by atoms with Gasteiger partial charge in [-0.1, -0.05) is 16.8 Å². The lowest BCUT2D eigenvalue weighted by atomic mass is 10.0. The van der Waals surface area contributed by atoms with Gasteiger partial charge in [-0.05, 0) is 31.5 Å². The molecule has 0 bridgehead atoms. The maximum Gasteiger partial charge on any atom is 0.256 e. The van der Waals surface area contributed by atoms with Gasteiger partial charge in [-0.15, -0.1) is 0 Å². The molecule has 0 fully saturated rings. The van der Waals surface area contributed by atoms with Crippen LogP contribution in [0, 0.1) is 0 Å². The Hall–Kier alpha value is -1.81. The van der Waals surface area contributed by atoms with Crippen molar-refractivity contribution in [1.82, 2.24) is 10.1 Å². The second-order valence-corrected chi connectivity index (χ2v) is 5.30. The Morgan fingerprint density at radius 2 is 2.21 bits per heavy atom. The van der Waals surface area contributed by atoms with Crippen LogP contribution >= 0.6 is 11.6 Å². The fourth-order valence-electron chi connectivity index (χ4n) is 2.35. The van der Waals surface area contributed by atoms with Crippen LogP contribution in [-0.4, -0.2) is 22.0 Å². The first-order chi connectivity index (χ1) is 9.08. The van der Waals surface area contributed by atoms with Crippen molar-refractivity contribution in [2.75, 3.05) is 0 Å². The Balaban J connectivity index is 2.09. The average Bonchev–Trinajstić information content (AvgIpc) is 2.96. The maximum absolute atomic E-state index is 12.3. The molecule has 19 heavy (non-hydrogen) atoms. The van der Waals surface area contributed by atoms with Crippen molar-refractivity contribution in [3.63, 3.8) is 0 Å². The zero-order valence-electron chi connectivity index (χ0n) is 10.7. The van der Waals surface area contributed by atoms with Gasteiger partial charge in [-0.3, -0.25) is 4.79 Å². The molecular weight excluding hydrogens is 264 g/mol. The molecule has 0 saturated carbocycles. The number of halogens is 1. The number of rotatable bonds is 2. The average molecular weight is 277 g/mol. The molecule has 98 valence electrons. The number of fused-ring (bicyclic) bond motifs is 1. The van der Waals surface area contributed by atoms with Crippen molar-refractivity contribution in [3.05, 3.63) is 40.5 Å². The summed E-state index contributed by atoms with van der Waals surface area (Å²) in [5.74, 6) is 0.652. The quantitative estimate of drug-likeness (QED) is 0.845. The molecule has 0 atom stereocenters. The van der Waals surface area contributed by atoms with Crippen LogP contribution in [-0.2, 0) is 6.54 Å². The normalized spacial score (nSPS) is 14.3. The number of hydrogen-bond acceptors (Lipinski definition) is 3. The minimum atomic E-state index is -0.000815. The lowest BCUT2D eigenvalue weighted by Gasteiger charge is -2.19. The third kappa shape index (κ3) is 1.92. The zero-order chi connectivity index (χ0) is 13.6. The van der Waals surface area contributed by atoms with Gasteiger partial charge in [0, 0.05) is 24.2 Å². The molecule has 1 aliphatic rings. The number of benzene rings is 1. The standard InChI is InChI=1S/C14H13ClN2O2/c1-8(2)17-7-10-5-9(12-3-4-16-19-12)6-11(15)13(10)14(17)18/h3-6,8H,7H2,1-2H3. The van der Waals surface area contributed by atoms with Crippen LogP contribution in [0.3, 0.4) is 0 Å². The first kappa shape index (κ1) is 12.2. The molecule has 0 radical (unpaired) electrons. The summed E-state index contributed by atoms with van der Waals surface area (Å²) in [5, 5.41) is 4.15. The molecule has 0 N–H and O–H groups in total. The van der Waals surface area contributed by atoms with Gasteiger partial charge < -0.3 is 9.42 Å². The van der Waals surface area contributed by atoms with E-state index in [0.29, 0.717) is 22.9 Å². The number of carbonyl (C=O) groups excluding carboxylic acids is 1. The second-order valence-electron chi connectivity index (χ2n) is 4.90. The van der Waals surface area contributed by atoms with Crippen molar-refractivity contribution >= 4 is 17.5 Å². The molecule has 2 aromatic rings. The summed E-state index contributed by atoms with van der Waals surface area (Å²) in [5.41, 5.74) is 2.40. The number of amides is 1. The Kier molecular flexibility index (Phi) is 2.82. The van der Waals surface area contributed by atoms with Gasteiger partial charge in [0.05, 0.1) is 16.8 Å². The van der Waals surface area contributed by atoms with E-state index in [0.717, 1.165) is 11.1 Å². The fourth-order valence-corrected chi connectivity index (χ4v) is 2.67. The van der Waals surface area contributed by atoms with Crippen LogP contribution in [0.25, 0.3) is 11.3 Å². The van der Waals surface area contributed by atoms with E-state index in [1.54, 1.807) is 23.2 Å². The Bertz CT molecular complexity index is 635. The number of aromatic nitrogens is 1. The highest BCUT2D eigenvalue weighted by molar-refractivity contribution is 6.34. The summed E-state index contributed by atoms with van der Waals surface area (Å²) in [4.78, 5) is 14.1. The monoisotopic (exact) mass is 276 g/mol. The highest BCUT2D eigenvalue weighted by atomic mass is 35.5. The van der Waals surface area contributed by atoms with E-state index in [-0.39, 0.29) is 11.9 Å². The summed E-state index contributed by atoms with van der Waals surface area (Å²) >= 11 is 6.25. The van der Waals surface area contributed by atoms with Gasteiger partial charge in [-0.25, -0.2) is 0 Å². The predicted molar refractivity (Wildman–Crippen MR) is 72.0 cm³/mol. The van der Waals surface area contributed by atoms with Crippen molar-refractivity contribution in [3.8, 4) is 11.3 Å². The van der Waals surface area contributed by atoms with Gasteiger partial charge >= 0.3 is 0 Å². The molecule has 0 saturated heterocycles. The Labute approximate surface area is 115 Å². The molecule has 5 heteroatoms. The first-order valence-corrected chi connectivity index (χ1v) is 6.50. The summed E-state index contributed by atoms with van der Waals surface area (Å²) in [6.45, 7) is 4.58. The summed E-state index contributed by atoms with van der Waals surface area (Å²) in [7, 11) is 0. The fraction of sp³-hybridized carbons (Fsp3) is 0.286. The van der Waals surface area contributed by atoms with Crippen LogP contribution in [0.1, 0.15) is 29.8 Å². The van der Waals surface area contributed by atoms with E-state index >= 15 is 0 Å². The maximum atomic E-state index is 12.3. The van der Waals surface area contributed by atoms with E-state index in [4.69, 9.17) is 16.1 Å². The molecule has 2 heterocycles. The minimum absolute atomic E-state index is 0.000815. The molecule has 1 aliphatic heterocycles. The third-order valence-corrected chi connectivity index (χ3v) is 3.63. The van der Waals surface area contributed by atoms with E-state index in [1.807, 2.05) is 19.9 Å². The molecule has 0 aliphatic carbocycles. The summed E-state index contributed by atoms with van der Waals surface area (Å²) in [6, 6.07) is 5.63. The van der Waals surface area contributed by atoms with E-state index in [1.165, 1.54) is 0 Å². The molecule has 4 nitrogen and oxygen atoms in total. The summed E-state index contributed by atoms with van der Waals surface area (Å²) in [6.07, 6.45) is 1.59. The lowest BCUT2D eigenvalue weighted by molar-refractivity contribution is 0.0731. The largest absolute Gasteiger partial charge is 0.356 e. The van der Waals surface area contributed by atoms with Crippen molar-refractivity contribution in [1.29, 1.82) is 0 Å². The Morgan fingerprint density at radius 3 is 2.84 bits per heavy atom. The van der Waals surface area contributed by atoms with Gasteiger partial charge in [0.2, 0.25) is 0 Å². The zero-order valence-corrected chi connectivity index (χ0v) is 11.4. The van der Waals surface area contributed by atoms with Gasteiger partial charge in [0.1, 0.15) is 0 Å². The molecule has 0 unspecified atom stereocenters. The highest BCUT2D eigenvalue weighted by Crippen LogP contribution is 2.34. The van der Waals surface area contributed by atoms with Gasteiger partial charge in [0.25, 0.3) is 5.91 Å². The van der Waals surface area contributed by atoms with Crippen molar-refractivity contribution < 1.29 is 9.32 Å². The Morgan fingerprint density at radius 1 is 1.42 bits per heavy atom. The first-order valence-electron chi connectivity index (χ1n) is 6.12. The molecular formula is C14H13ClN2O2. The van der Waals surface area contributed by atoms with Gasteiger partial charge in [0.15, 0.2) is 5.76 Å². The molecule has 3 rings (SSSR count). The van der Waals surface area contributed by atoms with Crippen LogP contribution < -0.4 is 0 Å². The second kappa shape index (κ2) is 4.38. The van der Waals surface area contributed by atoms with Gasteiger partial charge in [-0.2, -0.15) is 0 Å². The molecule has 1 aromatic heterocycles. The van der Waals surface area contributed by atoms with Crippen LogP contribution in [0.5, 0.6) is 0 Å². The third-order valence-electron chi connectivity index (χ3n) is 3.33. The predicted octanol–water partition coefficient (Wildman–Crippen LogP) is 3.36. The molecule has 1 aromatic carbocycles.